The van der Waals surface area contributed by atoms with Gasteiger partial charge in [-0.3, -0.25) is 0 Å². The van der Waals surface area contributed by atoms with Gasteiger partial charge in [-0.1, -0.05) is 18.2 Å². The maximum absolute atomic E-state index is 13.1. The van der Waals surface area contributed by atoms with E-state index in [1.165, 1.54) is 24.3 Å². The molecule has 0 saturated carbocycles. The van der Waals surface area contributed by atoms with Crippen molar-refractivity contribution in [2.75, 3.05) is 7.11 Å². The first kappa shape index (κ1) is 13.4. The molecule has 19 heavy (non-hydrogen) atoms. The first-order chi connectivity index (χ1) is 8.82. The molecular weight excluding hydrogens is 265 g/mol. The lowest BCUT2D eigenvalue weighted by molar-refractivity contribution is -0.262. The molecule has 0 spiro atoms. The molecule has 1 heterocycles. The van der Waals surface area contributed by atoms with E-state index in [2.05, 4.69) is 9.47 Å². The second-order valence-electron chi connectivity index (χ2n) is 4.04. The number of fused-ring (bicyclic) bond motifs is 1. The molecule has 0 saturated heterocycles. The molecule has 0 bridgehead atoms. The number of ether oxygens (including phenoxy) is 2. The Bertz CT molecular complexity index is 538. The highest BCUT2D eigenvalue weighted by Gasteiger charge is 2.66. The van der Waals surface area contributed by atoms with Crippen LogP contribution in [0.2, 0.25) is 0 Å². The molecule has 4 nitrogen and oxygen atoms in total. The van der Waals surface area contributed by atoms with Gasteiger partial charge in [-0.15, -0.1) is 0 Å². The van der Waals surface area contributed by atoms with E-state index in [1.807, 2.05) is 0 Å². The van der Waals surface area contributed by atoms with E-state index < -0.39 is 30.1 Å². The van der Waals surface area contributed by atoms with Crippen molar-refractivity contribution in [2.45, 2.75) is 18.2 Å². The van der Waals surface area contributed by atoms with Crippen LogP contribution in [0.5, 0.6) is 0 Å². The quantitative estimate of drug-likeness (QED) is 0.734. The van der Waals surface area contributed by atoms with Crippen molar-refractivity contribution in [2.24, 2.45) is 0 Å². The van der Waals surface area contributed by atoms with Crippen LogP contribution < -0.4 is 0 Å². The van der Waals surface area contributed by atoms with Gasteiger partial charge in [0, 0.05) is 6.42 Å². The van der Waals surface area contributed by atoms with Crippen molar-refractivity contribution >= 4 is 11.9 Å². The highest BCUT2D eigenvalue weighted by molar-refractivity contribution is 5.96. The Labute approximate surface area is 106 Å². The van der Waals surface area contributed by atoms with Gasteiger partial charge in [0.25, 0.3) is 0 Å². The molecule has 7 heteroatoms. The number of esters is 2. The zero-order chi connectivity index (χ0) is 14.3. The Balaban J connectivity index is 2.56. The SMILES string of the molecule is COC(=O)C1(C(F)(F)F)Cc2ccccc2C(=O)O1. The summed E-state index contributed by atoms with van der Waals surface area (Å²) in [6.45, 7) is 0. The van der Waals surface area contributed by atoms with E-state index >= 15 is 0 Å². The largest absolute Gasteiger partial charge is 0.466 e. The van der Waals surface area contributed by atoms with E-state index in [1.54, 1.807) is 0 Å². The number of benzene rings is 1. The van der Waals surface area contributed by atoms with Gasteiger partial charge in [-0.05, 0) is 11.6 Å². The maximum Gasteiger partial charge on any atom is 0.439 e. The number of hydrogen-bond donors (Lipinski definition) is 0. The number of rotatable bonds is 1. The molecule has 102 valence electrons. The average Bonchev–Trinajstić information content (AvgIpc) is 2.36. The molecule has 1 aromatic carbocycles. The van der Waals surface area contributed by atoms with E-state index in [0.717, 1.165) is 7.11 Å². The number of cyclic esters (lactones) is 1. The lowest BCUT2D eigenvalue weighted by Gasteiger charge is -2.35. The summed E-state index contributed by atoms with van der Waals surface area (Å²) in [5, 5.41) is 0. The van der Waals surface area contributed by atoms with Crippen molar-refractivity contribution in [1.82, 2.24) is 0 Å². The summed E-state index contributed by atoms with van der Waals surface area (Å²) in [6, 6.07) is 5.67. The fourth-order valence-corrected chi connectivity index (χ4v) is 1.94. The highest BCUT2D eigenvalue weighted by atomic mass is 19.4. The van der Waals surface area contributed by atoms with Crippen LogP contribution in [-0.4, -0.2) is 30.8 Å². The van der Waals surface area contributed by atoms with Crippen molar-refractivity contribution < 1.29 is 32.2 Å². The normalized spacial score (nSPS) is 22.4. The molecule has 1 aliphatic heterocycles. The molecule has 1 atom stereocenters. The summed E-state index contributed by atoms with van der Waals surface area (Å²) >= 11 is 0. The monoisotopic (exact) mass is 274 g/mol. The molecular formula is C12H9F3O4. The van der Waals surface area contributed by atoms with Gasteiger partial charge in [0.2, 0.25) is 0 Å². The molecule has 1 aliphatic rings. The molecule has 1 aromatic rings. The molecule has 0 N–H and O–H groups in total. The third-order valence-electron chi connectivity index (χ3n) is 2.92. The second-order valence-corrected chi connectivity index (χ2v) is 4.04. The molecule has 0 amide bonds. The van der Waals surface area contributed by atoms with Gasteiger partial charge in [0.05, 0.1) is 12.7 Å². The summed E-state index contributed by atoms with van der Waals surface area (Å²) in [5.41, 5.74) is -3.15. The second kappa shape index (κ2) is 4.25. The fourth-order valence-electron chi connectivity index (χ4n) is 1.94. The fraction of sp³-hybridized carbons (Fsp3) is 0.333. The Kier molecular flexibility index (Phi) is 3.00. The topological polar surface area (TPSA) is 52.6 Å². The summed E-state index contributed by atoms with van der Waals surface area (Å²) < 4.78 is 47.9. The van der Waals surface area contributed by atoms with Gasteiger partial charge >= 0.3 is 23.7 Å². The Morgan fingerprint density at radius 1 is 1.37 bits per heavy atom. The number of halogens is 3. The predicted octanol–water partition coefficient (Wildman–Crippen LogP) is 1.87. The summed E-state index contributed by atoms with van der Waals surface area (Å²) in [4.78, 5) is 23.1. The lowest BCUT2D eigenvalue weighted by atomic mass is 9.88. The summed E-state index contributed by atoms with van der Waals surface area (Å²) in [5.74, 6) is -2.83. The van der Waals surface area contributed by atoms with Crippen molar-refractivity contribution in [3.05, 3.63) is 35.4 Å². The van der Waals surface area contributed by atoms with Gasteiger partial charge in [0.1, 0.15) is 0 Å². The van der Waals surface area contributed by atoms with Crippen molar-refractivity contribution in [1.29, 1.82) is 0 Å². The third-order valence-corrected chi connectivity index (χ3v) is 2.92. The van der Waals surface area contributed by atoms with Crippen LogP contribution in [-0.2, 0) is 20.7 Å². The molecule has 0 aromatic heterocycles. The molecule has 0 radical (unpaired) electrons. The van der Waals surface area contributed by atoms with Crippen LogP contribution in [0.15, 0.2) is 24.3 Å². The van der Waals surface area contributed by atoms with Gasteiger partial charge in [0.15, 0.2) is 0 Å². The molecule has 0 fully saturated rings. The predicted molar refractivity (Wildman–Crippen MR) is 56.4 cm³/mol. The van der Waals surface area contributed by atoms with Crippen LogP contribution in [0.4, 0.5) is 13.2 Å². The van der Waals surface area contributed by atoms with Crippen LogP contribution in [0, 0.1) is 0 Å². The van der Waals surface area contributed by atoms with Crippen molar-refractivity contribution in [3.8, 4) is 0 Å². The van der Waals surface area contributed by atoms with Crippen molar-refractivity contribution in [3.63, 3.8) is 0 Å². The minimum absolute atomic E-state index is 0.0197. The molecule has 0 aliphatic carbocycles. The van der Waals surface area contributed by atoms with Crippen LogP contribution in [0.25, 0.3) is 0 Å². The first-order valence-corrected chi connectivity index (χ1v) is 5.28. The van der Waals surface area contributed by atoms with E-state index in [9.17, 15) is 22.8 Å². The van der Waals surface area contributed by atoms with Crippen LogP contribution in [0.1, 0.15) is 15.9 Å². The van der Waals surface area contributed by atoms with Gasteiger partial charge in [-0.25, -0.2) is 9.59 Å². The number of methoxy groups -OCH3 is 1. The number of alkyl halides is 3. The highest BCUT2D eigenvalue weighted by Crippen LogP contribution is 2.41. The molecule has 2 rings (SSSR count). The summed E-state index contributed by atoms with van der Waals surface area (Å²) in [7, 11) is 0.810. The maximum atomic E-state index is 13.1. The van der Waals surface area contributed by atoms with Crippen LogP contribution >= 0.6 is 0 Å². The van der Waals surface area contributed by atoms with E-state index in [0.29, 0.717) is 0 Å². The van der Waals surface area contributed by atoms with Gasteiger partial charge in [-0.2, -0.15) is 13.2 Å². The zero-order valence-electron chi connectivity index (χ0n) is 9.78. The number of hydrogen-bond acceptors (Lipinski definition) is 4. The Hall–Kier alpha value is -2.05. The Morgan fingerprint density at radius 3 is 2.58 bits per heavy atom. The van der Waals surface area contributed by atoms with E-state index in [4.69, 9.17) is 0 Å². The third kappa shape index (κ3) is 1.94. The number of carbonyl (C=O) groups excluding carboxylic acids is 2. The summed E-state index contributed by atoms with van der Waals surface area (Å²) in [6.07, 6.45) is -5.84. The zero-order valence-corrected chi connectivity index (χ0v) is 9.78. The van der Waals surface area contributed by atoms with Crippen LogP contribution in [0.3, 0.4) is 0 Å². The van der Waals surface area contributed by atoms with Gasteiger partial charge < -0.3 is 9.47 Å². The minimum atomic E-state index is -5.05. The first-order valence-electron chi connectivity index (χ1n) is 5.28. The average molecular weight is 274 g/mol. The Morgan fingerprint density at radius 2 is 2.00 bits per heavy atom. The van der Waals surface area contributed by atoms with E-state index in [-0.39, 0.29) is 11.1 Å². The minimum Gasteiger partial charge on any atom is -0.466 e. The standard InChI is InChI=1S/C12H9F3O4/c1-18-10(17)11(12(13,14)15)6-7-4-2-3-5-8(7)9(16)19-11/h2-5H,6H2,1H3. The molecule has 1 unspecified atom stereocenters. The smallest absolute Gasteiger partial charge is 0.439 e. The lowest BCUT2D eigenvalue weighted by Crippen LogP contribution is -2.59. The number of carbonyl (C=O) groups is 2.